The highest BCUT2D eigenvalue weighted by atomic mass is 16.5. The smallest absolute Gasteiger partial charge is 0.333 e. The summed E-state index contributed by atoms with van der Waals surface area (Å²) in [5.41, 5.74) is 0.0979. The Kier molecular flexibility index (Phi) is 12.2. The van der Waals surface area contributed by atoms with Crippen LogP contribution in [0.4, 0.5) is 0 Å². The van der Waals surface area contributed by atoms with Crippen molar-refractivity contribution >= 4 is 11.9 Å². The van der Waals surface area contributed by atoms with Crippen molar-refractivity contribution in [2.75, 3.05) is 40.6 Å². The fourth-order valence-corrected chi connectivity index (χ4v) is 2.19. The Hall–Kier alpha value is -1.40. The lowest BCUT2D eigenvalue weighted by atomic mass is 9.88. The van der Waals surface area contributed by atoms with Gasteiger partial charge >= 0.3 is 11.9 Å². The fourth-order valence-electron chi connectivity index (χ4n) is 2.19. The van der Waals surface area contributed by atoms with Gasteiger partial charge in [0.1, 0.15) is 6.61 Å². The van der Waals surface area contributed by atoms with Crippen LogP contribution in [0.2, 0.25) is 0 Å². The Labute approximate surface area is 145 Å². The maximum atomic E-state index is 11.8. The van der Waals surface area contributed by atoms with Crippen LogP contribution in [-0.2, 0) is 28.5 Å². The Bertz CT molecular complexity index is 385. The molecule has 6 heteroatoms. The van der Waals surface area contributed by atoms with E-state index in [9.17, 15) is 9.59 Å². The summed E-state index contributed by atoms with van der Waals surface area (Å²) < 4.78 is 20.8. The van der Waals surface area contributed by atoms with Crippen LogP contribution in [0.5, 0.6) is 0 Å². The normalized spacial score (nSPS) is 11.2. The van der Waals surface area contributed by atoms with Crippen molar-refractivity contribution in [1.29, 1.82) is 0 Å². The van der Waals surface area contributed by atoms with Gasteiger partial charge in [-0.25, -0.2) is 4.79 Å². The highest BCUT2D eigenvalue weighted by Crippen LogP contribution is 2.23. The molecular weight excluding hydrogens is 312 g/mol. The molecule has 0 aliphatic carbocycles. The van der Waals surface area contributed by atoms with Crippen molar-refractivity contribution in [1.82, 2.24) is 0 Å². The van der Waals surface area contributed by atoms with Gasteiger partial charge in [-0.1, -0.05) is 13.5 Å². The summed E-state index contributed by atoms with van der Waals surface area (Å²) in [6.07, 6.45) is 3.38. The van der Waals surface area contributed by atoms with Gasteiger partial charge in [0.05, 0.1) is 25.2 Å². The summed E-state index contributed by atoms with van der Waals surface area (Å²) in [5.74, 6) is -0.597. The van der Waals surface area contributed by atoms with Crippen LogP contribution in [0.3, 0.4) is 0 Å². The molecule has 24 heavy (non-hydrogen) atoms. The predicted molar refractivity (Wildman–Crippen MR) is 91.7 cm³/mol. The van der Waals surface area contributed by atoms with E-state index >= 15 is 0 Å². The fraction of sp³-hybridized carbons (Fsp3) is 0.778. The average molecular weight is 344 g/mol. The molecule has 0 rings (SSSR count). The molecule has 0 aliphatic heterocycles. The quantitative estimate of drug-likeness (QED) is 0.274. The van der Waals surface area contributed by atoms with E-state index in [2.05, 4.69) is 6.58 Å². The first-order chi connectivity index (χ1) is 11.4. The minimum atomic E-state index is -0.374. The van der Waals surface area contributed by atoms with E-state index in [0.29, 0.717) is 44.8 Å². The second-order valence-corrected chi connectivity index (χ2v) is 6.11. The molecule has 0 radical (unpaired) electrons. The van der Waals surface area contributed by atoms with Crippen LogP contribution >= 0.6 is 0 Å². The molecule has 0 amide bonds. The van der Waals surface area contributed by atoms with Crippen LogP contribution in [0.15, 0.2) is 12.2 Å². The minimum absolute atomic E-state index is 0.223. The van der Waals surface area contributed by atoms with Crippen LogP contribution in [0.25, 0.3) is 0 Å². The van der Waals surface area contributed by atoms with Gasteiger partial charge in [0.25, 0.3) is 0 Å². The second kappa shape index (κ2) is 13.0. The van der Waals surface area contributed by atoms with Crippen LogP contribution < -0.4 is 0 Å². The van der Waals surface area contributed by atoms with E-state index in [1.807, 2.05) is 6.92 Å². The first-order valence-electron chi connectivity index (χ1n) is 8.37. The van der Waals surface area contributed by atoms with Crippen molar-refractivity contribution < 1.29 is 28.5 Å². The number of carbonyl (C=O) groups is 2. The summed E-state index contributed by atoms with van der Waals surface area (Å²) in [5, 5.41) is 0. The van der Waals surface area contributed by atoms with E-state index in [1.54, 1.807) is 21.1 Å². The van der Waals surface area contributed by atoms with Crippen molar-refractivity contribution in [2.45, 2.75) is 46.0 Å². The molecule has 0 aromatic heterocycles. The first kappa shape index (κ1) is 22.6. The Balaban J connectivity index is 3.92. The molecule has 0 unspecified atom stereocenters. The van der Waals surface area contributed by atoms with E-state index in [1.165, 1.54) is 0 Å². The molecule has 0 spiro atoms. The van der Waals surface area contributed by atoms with Crippen LogP contribution in [0, 0.1) is 5.41 Å². The zero-order chi connectivity index (χ0) is 18.4. The number of ether oxygens (including phenoxy) is 4. The summed E-state index contributed by atoms with van der Waals surface area (Å²) in [6, 6.07) is 0. The van der Waals surface area contributed by atoms with E-state index in [0.717, 1.165) is 19.3 Å². The van der Waals surface area contributed by atoms with Gasteiger partial charge in [-0.2, -0.15) is 0 Å². The molecule has 0 saturated carbocycles. The number of esters is 2. The molecule has 0 heterocycles. The molecule has 140 valence electrons. The molecule has 0 atom stereocenters. The van der Waals surface area contributed by atoms with Crippen LogP contribution in [0.1, 0.15) is 46.0 Å². The lowest BCUT2D eigenvalue weighted by Gasteiger charge is -2.30. The van der Waals surface area contributed by atoms with Crippen molar-refractivity contribution in [3.05, 3.63) is 12.2 Å². The molecule has 0 N–H and O–H groups in total. The molecule has 0 aromatic rings. The topological polar surface area (TPSA) is 71.1 Å². The maximum Gasteiger partial charge on any atom is 0.333 e. The molecule has 0 aliphatic rings. The zero-order valence-electron chi connectivity index (χ0n) is 15.5. The highest BCUT2D eigenvalue weighted by Gasteiger charge is 2.30. The Morgan fingerprint density at radius 3 is 2.08 bits per heavy atom. The summed E-state index contributed by atoms with van der Waals surface area (Å²) in [6.45, 7) is 8.76. The monoisotopic (exact) mass is 344 g/mol. The average Bonchev–Trinajstić information content (AvgIpc) is 2.55. The number of hydrogen-bond acceptors (Lipinski definition) is 6. The van der Waals surface area contributed by atoms with Crippen molar-refractivity contribution in [3.8, 4) is 0 Å². The zero-order valence-corrected chi connectivity index (χ0v) is 15.5. The SMILES string of the molecule is C=C(C)C(=O)OCCCCCC(=O)OCC(CC)(COC)COC. The Morgan fingerprint density at radius 2 is 1.58 bits per heavy atom. The Morgan fingerprint density at radius 1 is 0.958 bits per heavy atom. The lowest BCUT2D eigenvalue weighted by Crippen LogP contribution is -2.36. The first-order valence-corrected chi connectivity index (χ1v) is 8.37. The number of unbranched alkanes of at least 4 members (excludes halogenated alkanes) is 2. The maximum absolute atomic E-state index is 11.8. The molecule has 0 bridgehead atoms. The molecule has 0 aromatic carbocycles. The van der Waals surface area contributed by atoms with Gasteiger partial charge in [-0.15, -0.1) is 0 Å². The number of methoxy groups -OCH3 is 2. The molecule has 0 fully saturated rings. The van der Waals surface area contributed by atoms with Crippen molar-refractivity contribution in [2.24, 2.45) is 5.41 Å². The summed E-state index contributed by atoms with van der Waals surface area (Å²) in [7, 11) is 3.26. The minimum Gasteiger partial charge on any atom is -0.465 e. The van der Waals surface area contributed by atoms with E-state index in [-0.39, 0.29) is 17.4 Å². The van der Waals surface area contributed by atoms with Crippen molar-refractivity contribution in [3.63, 3.8) is 0 Å². The molecular formula is C18H32O6. The third kappa shape index (κ3) is 9.67. The second-order valence-electron chi connectivity index (χ2n) is 6.11. The third-order valence-electron chi connectivity index (χ3n) is 3.80. The predicted octanol–water partition coefficient (Wildman–Crippen LogP) is 2.90. The standard InChI is InChI=1S/C18H32O6/c1-6-18(12-21-4,13-22-5)14-24-16(19)10-8-7-9-11-23-17(20)15(2)3/h2,6-14H2,1,3-5H3. The van der Waals surface area contributed by atoms with Gasteiger partial charge in [-0.05, 0) is 32.6 Å². The largest absolute Gasteiger partial charge is 0.465 e. The van der Waals surface area contributed by atoms with Gasteiger partial charge in [0, 0.05) is 26.2 Å². The van der Waals surface area contributed by atoms with Gasteiger partial charge < -0.3 is 18.9 Å². The molecule has 6 nitrogen and oxygen atoms in total. The summed E-state index contributed by atoms with van der Waals surface area (Å²) in [4.78, 5) is 23.0. The van der Waals surface area contributed by atoms with E-state index in [4.69, 9.17) is 18.9 Å². The summed E-state index contributed by atoms with van der Waals surface area (Å²) >= 11 is 0. The number of carbonyl (C=O) groups excluding carboxylic acids is 2. The number of hydrogen-bond donors (Lipinski definition) is 0. The van der Waals surface area contributed by atoms with Gasteiger partial charge in [-0.3, -0.25) is 4.79 Å². The van der Waals surface area contributed by atoms with Gasteiger partial charge in [0.2, 0.25) is 0 Å². The third-order valence-corrected chi connectivity index (χ3v) is 3.80. The van der Waals surface area contributed by atoms with Crippen LogP contribution in [-0.4, -0.2) is 52.6 Å². The number of rotatable bonds is 14. The van der Waals surface area contributed by atoms with E-state index < -0.39 is 0 Å². The molecule has 0 saturated heterocycles. The highest BCUT2D eigenvalue weighted by molar-refractivity contribution is 5.86. The van der Waals surface area contributed by atoms with Gasteiger partial charge in [0.15, 0.2) is 0 Å². The lowest BCUT2D eigenvalue weighted by molar-refractivity contribution is -0.151.